The summed E-state index contributed by atoms with van der Waals surface area (Å²) in [6.45, 7) is 2.25. The van der Waals surface area contributed by atoms with Crippen molar-refractivity contribution in [2.75, 3.05) is 5.75 Å². The fourth-order valence-electron chi connectivity index (χ4n) is 2.26. The van der Waals surface area contributed by atoms with Crippen molar-refractivity contribution in [3.05, 3.63) is 66.1 Å². The maximum atomic E-state index is 12.9. The van der Waals surface area contributed by atoms with Gasteiger partial charge in [-0.25, -0.2) is 9.67 Å². The van der Waals surface area contributed by atoms with E-state index in [-0.39, 0.29) is 0 Å². The highest BCUT2D eigenvalue weighted by molar-refractivity contribution is 7.99. The highest BCUT2D eigenvalue weighted by Crippen LogP contribution is 2.33. The minimum Gasteiger partial charge on any atom is -0.486 e. The van der Waals surface area contributed by atoms with Crippen LogP contribution in [0.4, 0.5) is 13.2 Å². The van der Waals surface area contributed by atoms with E-state index in [4.69, 9.17) is 4.74 Å². The quantitative estimate of drug-likeness (QED) is 0.567. The molecule has 4 nitrogen and oxygen atoms in total. The van der Waals surface area contributed by atoms with Gasteiger partial charge in [0.2, 0.25) is 0 Å². The maximum absolute atomic E-state index is 12.9. The Kier molecular flexibility index (Phi) is 5.51. The van der Waals surface area contributed by atoms with Gasteiger partial charge in [0.1, 0.15) is 6.61 Å². The predicted molar refractivity (Wildman–Crippen MR) is 93.5 cm³/mol. The van der Waals surface area contributed by atoms with Gasteiger partial charge < -0.3 is 4.74 Å². The summed E-state index contributed by atoms with van der Waals surface area (Å²) in [5.41, 5.74) is 0.236. The first kappa shape index (κ1) is 18.3. The lowest BCUT2D eigenvalue weighted by Crippen LogP contribution is -2.08. The van der Waals surface area contributed by atoms with Gasteiger partial charge in [-0.2, -0.15) is 18.3 Å². The third-order valence-corrected chi connectivity index (χ3v) is 4.38. The summed E-state index contributed by atoms with van der Waals surface area (Å²) in [5.74, 6) is 1.48. The van der Waals surface area contributed by atoms with E-state index in [1.165, 1.54) is 22.6 Å². The molecule has 0 saturated carbocycles. The smallest absolute Gasteiger partial charge is 0.417 e. The first-order valence-electron chi connectivity index (χ1n) is 7.89. The predicted octanol–water partition coefficient (Wildman–Crippen LogP) is 4.98. The molecule has 0 aliphatic heterocycles. The van der Waals surface area contributed by atoms with Crippen LogP contribution in [0.5, 0.6) is 5.75 Å². The molecular weight excluding hydrogens is 363 g/mol. The second kappa shape index (κ2) is 7.82. The zero-order valence-corrected chi connectivity index (χ0v) is 14.7. The lowest BCUT2D eigenvalue weighted by molar-refractivity contribution is -0.138. The molecule has 0 N–H and O–H groups in total. The molecular formula is C18H16F3N3OS. The molecule has 8 heteroatoms. The largest absolute Gasteiger partial charge is 0.486 e. The number of nitrogens with zero attached hydrogens (tertiary/aromatic N) is 3. The molecule has 0 aliphatic carbocycles. The summed E-state index contributed by atoms with van der Waals surface area (Å²) >= 11 is 1.28. The molecule has 0 amide bonds. The molecule has 0 atom stereocenters. The van der Waals surface area contributed by atoms with Crippen LogP contribution < -0.4 is 4.74 Å². The fourth-order valence-corrected chi connectivity index (χ4v) is 3.06. The van der Waals surface area contributed by atoms with Gasteiger partial charge in [0.25, 0.3) is 0 Å². The van der Waals surface area contributed by atoms with E-state index >= 15 is 0 Å². The average molecular weight is 379 g/mol. The molecule has 0 fully saturated rings. The summed E-state index contributed by atoms with van der Waals surface area (Å²) in [4.78, 5) is 4.39. The minimum absolute atomic E-state index is 0.347. The maximum Gasteiger partial charge on any atom is 0.417 e. The van der Waals surface area contributed by atoms with Crippen LogP contribution in [0.1, 0.15) is 18.1 Å². The van der Waals surface area contributed by atoms with Crippen LogP contribution >= 0.6 is 11.8 Å². The van der Waals surface area contributed by atoms with Gasteiger partial charge >= 0.3 is 6.18 Å². The van der Waals surface area contributed by atoms with Crippen LogP contribution in [0.2, 0.25) is 0 Å². The SMILES string of the molecule is CCSc1cc(C(F)(F)F)cnc1-n1cc(OCc2ccccc2)cn1. The molecule has 26 heavy (non-hydrogen) atoms. The van der Waals surface area contributed by atoms with Crippen molar-refractivity contribution < 1.29 is 17.9 Å². The topological polar surface area (TPSA) is 39.9 Å². The molecule has 0 aliphatic rings. The number of aromatic nitrogens is 3. The van der Waals surface area contributed by atoms with E-state index < -0.39 is 11.7 Å². The molecule has 136 valence electrons. The minimum atomic E-state index is -4.43. The zero-order chi connectivity index (χ0) is 18.6. The standard InChI is InChI=1S/C18H16F3N3OS/c1-2-26-16-8-14(18(19,20)21)9-22-17(16)24-11-15(10-23-24)25-12-13-6-4-3-5-7-13/h3-11H,2,12H2,1H3. The van der Waals surface area contributed by atoms with Crippen molar-refractivity contribution in [3.63, 3.8) is 0 Å². The summed E-state index contributed by atoms with van der Waals surface area (Å²) in [6, 6.07) is 10.7. The Morgan fingerprint density at radius 2 is 1.92 bits per heavy atom. The second-order valence-corrected chi connectivity index (χ2v) is 6.68. The summed E-state index contributed by atoms with van der Waals surface area (Å²) < 4.78 is 45.9. The van der Waals surface area contributed by atoms with Gasteiger partial charge in [-0.1, -0.05) is 37.3 Å². The number of halogens is 3. The third-order valence-electron chi connectivity index (χ3n) is 3.48. The lowest BCUT2D eigenvalue weighted by atomic mass is 10.2. The van der Waals surface area contributed by atoms with Gasteiger partial charge in [-0.3, -0.25) is 0 Å². The van der Waals surface area contributed by atoms with Crippen LogP contribution in [-0.2, 0) is 12.8 Å². The van der Waals surface area contributed by atoms with E-state index in [1.54, 1.807) is 6.20 Å². The molecule has 2 aromatic heterocycles. The lowest BCUT2D eigenvalue weighted by Gasteiger charge is -2.11. The van der Waals surface area contributed by atoms with Gasteiger partial charge in [-0.05, 0) is 17.4 Å². The summed E-state index contributed by atoms with van der Waals surface area (Å²) in [6.07, 6.45) is -0.481. The Bertz CT molecular complexity index is 866. The molecule has 3 rings (SSSR count). The molecule has 0 saturated heterocycles. The van der Waals surface area contributed by atoms with Crippen molar-refractivity contribution >= 4 is 11.8 Å². The molecule has 0 bridgehead atoms. The molecule has 0 unspecified atom stereocenters. The Labute approximate surface area is 153 Å². The molecule has 0 spiro atoms. The Balaban J connectivity index is 1.81. The van der Waals surface area contributed by atoms with Crippen LogP contribution in [0.25, 0.3) is 5.82 Å². The van der Waals surface area contributed by atoms with Crippen molar-refractivity contribution in [2.24, 2.45) is 0 Å². The average Bonchev–Trinajstić information content (AvgIpc) is 3.09. The van der Waals surface area contributed by atoms with Crippen molar-refractivity contribution in [1.29, 1.82) is 0 Å². The first-order chi connectivity index (χ1) is 12.5. The van der Waals surface area contributed by atoms with E-state index in [2.05, 4.69) is 10.1 Å². The van der Waals surface area contributed by atoms with E-state index in [1.807, 2.05) is 37.3 Å². The normalized spacial score (nSPS) is 11.5. The number of ether oxygens (including phenoxy) is 1. The highest BCUT2D eigenvalue weighted by Gasteiger charge is 2.32. The Hall–Kier alpha value is -2.48. The van der Waals surface area contributed by atoms with E-state index in [0.29, 0.717) is 28.8 Å². The van der Waals surface area contributed by atoms with Crippen LogP contribution in [-0.4, -0.2) is 20.5 Å². The van der Waals surface area contributed by atoms with E-state index in [0.717, 1.165) is 17.8 Å². The summed E-state index contributed by atoms with van der Waals surface area (Å²) in [7, 11) is 0. The van der Waals surface area contributed by atoms with Gasteiger partial charge in [0.15, 0.2) is 11.6 Å². The first-order valence-corrected chi connectivity index (χ1v) is 8.87. The van der Waals surface area contributed by atoms with Gasteiger partial charge in [0.05, 0.1) is 22.9 Å². The van der Waals surface area contributed by atoms with Gasteiger partial charge in [-0.15, -0.1) is 11.8 Å². The fraction of sp³-hybridized carbons (Fsp3) is 0.222. The summed E-state index contributed by atoms with van der Waals surface area (Å²) in [5, 5.41) is 4.17. The second-order valence-electron chi connectivity index (χ2n) is 5.37. The molecule has 3 aromatic rings. The third kappa shape index (κ3) is 4.37. The Morgan fingerprint density at radius 3 is 2.62 bits per heavy atom. The molecule has 0 radical (unpaired) electrons. The molecule has 1 aromatic carbocycles. The number of benzene rings is 1. The zero-order valence-electron chi connectivity index (χ0n) is 13.9. The highest BCUT2D eigenvalue weighted by atomic mass is 32.2. The van der Waals surface area contributed by atoms with Crippen molar-refractivity contribution in [1.82, 2.24) is 14.8 Å². The van der Waals surface area contributed by atoms with Gasteiger partial charge in [0, 0.05) is 6.20 Å². The monoisotopic (exact) mass is 379 g/mol. The van der Waals surface area contributed by atoms with Crippen LogP contribution in [0, 0.1) is 0 Å². The Morgan fingerprint density at radius 1 is 1.15 bits per heavy atom. The van der Waals surface area contributed by atoms with Crippen LogP contribution in [0.3, 0.4) is 0 Å². The number of rotatable bonds is 6. The number of hydrogen-bond donors (Lipinski definition) is 0. The van der Waals surface area contributed by atoms with Crippen molar-refractivity contribution in [3.8, 4) is 11.6 Å². The molecule has 2 heterocycles. The number of hydrogen-bond acceptors (Lipinski definition) is 4. The number of alkyl halides is 3. The van der Waals surface area contributed by atoms with Crippen LogP contribution in [0.15, 0.2) is 59.9 Å². The number of thioether (sulfide) groups is 1. The number of pyridine rings is 1. The van der Waals surface area contributed by atoms with Crippen molar-refractivity contribution in [2.45, 2.75) is 24.6 Å². The van der Waals surface area contributed by atoms with E-state index in [9.17, 15) is 13.2 Å².